The second-order valence-corrected chi connectivity index (χ2v) is 3.29. The summed E-state index contributed by atoms with van der Waals surface area (Å²) in [5, 5.41) is 0. The van der Waals surface area contributed by atoms with Gasteiger partial charge < -0.3 is 10.5 Å². The van der Waals surface area contributed by atoms with Crippen LogP contribution in [-0.4, -0.2) is 17.7 Å². The highest BCUT2D eigenvalue weighted by atomic mass is 35.5. The Morgan fingerprint density at radius 2 is 2.00 bits per heavy atom. The molecule has 3 heteroatoms. The molecular weight excluding hydrogens is 150 g/mol. The highest BCUT2D eigenvalue weighted by Gasteiger charge is 2.49. The minimum absolute atomic E-state index is 0. The van der Waals surface area contributed by atoms with Gasteiger partial charge in [-0.15, -0.1) is 12.4 Å². The molecule has 0 aliphatic heterocycles. The van der Waals surface area contributed by atoms with Gasteiger partial charge in [0.1, 0.15) is 0 Å². The Balaban J connectivity index is 0.000000810. The molecule has 0 amide bonds. The van der Waals surface area contributed by atoms with Gasteiger partial charge in [-0.1, -0.05) is 0 Å². The van der Waals surface area contributed by atoms with Crippen molar-refractivity contribution in [3.05, 3.63) is 0 Å². The highest BCUT2D eigenvalue weighted by molar-refractivity contribution is 5.85. The van der Waals surface area contributed by atoms with E-state index in [-0.39, 0.29) is 24.0 Å². The van der Waals surface area contributed by atoms with Gasteiger partial charge in [0.15, 0.2) is 0 Å². The maximum absolute atomic E-state index is 5.62. The van der Waals surface area contributed by atoms with E-state index in [1.54, 1.807) is 0 Å². The Morgan fingerprint density at radius 1 is 1.60 bits per heavy atom. The quantitative estimate of drug-likeness (QED) is 0.670. The molecule has 0 aromatic heterocycles. The van der Waals surface area contributed by atoms with E-state index in [9.17, 15) is 0 Å². The lowest BCUT2D eigenvalue weighted by molar-refractivity contribution is -0.00271. The third-order valence-electron chi connectivity index (χ3n) is 1.75. The molecule has 2 nitrogen and oxygen atoms in total. The molecule has 2 N–H and O–H groups in total. The molecule has 0 heterocycles. The monoisotopic (exact) mass is 165 g/mol. The molecule has 0 aromatic carbocycles. The van der Waals surface area contributed by atoms with Crippen LogP contribution in [0.3, 0.4) is 0 Å². The SMILES string of the molecule is CC(C)O[C@]1(C)C[C@@H]1N.Cl. The summed E-state index contributed by atoms with van der Waals surface area (Å²) in [6, 6.07) is 0.278. The normalized spacial score (nSPS) is 37.5. The summed E-state index contributed by atoms with van der Waals surface area (Å²) < 4.78 is 5.54. The second-order valence-electron chi connectivity index (χ2n) is 3.29. The van der Waals surface area contributed by atoms with Gasteiger partial charge in [0.25, 0.3) is 0 Å². The first-order valence-corrected chi connectivity index (χ1v) is 3.48. The molecule has 1 saturated carbocycles. The van der Waals surface area contributed by atoms with Crippen LogP contribution in [0.4, 0.5) is 0 Å². The van der Waals surface area contributed by atoms with Gasteiger partial charge in [0.05, 0.1) is 11.7 Å². The van der Waals surface area contributed by atoms with Gasteiger partial charge >= 0.3 is 0 Å². The van der Waals surface area contributed by atoms with E-state index in [4.69, 9.17) is 10.5 Å². The van der Waals surface area contributed by atoms with Crippen LogP contribution >= 0.6 is 12.4 Å². The third-order valence-corrected chi connectivity index (χ3v) is 1.75. The van der Waals surface area contributed by atoms with Crippen LogP contribution in [-0.2, 0) is 4.74 Å². The zero-order valence-corrected chi connectivity index (χ0v) is 7.57. The van der Waals surface area contributed by atoms with Crippen molar-refractivity contribution in [2.24, 2.45) is 5.73 Å². The van der Waals surface area contributed by atoms with Gasteiger partial charge in [0.2, 0.25) is 0 Å². The van der Waals surface area contributed by atoms with Crippen LogP contribution in [0.25, 0.3) is 0 Å². The molecule has 1 aliphatic rings. The van der Waals surface area contributed by atoms with E-state index < -0.39 is 0 Å². The molecule has 1 rings (SSSR count). The average molecular weight is 166 g/mol. The Bertz CT molecular complexity index is 118. The Labute approximate surface area is 68.5 Å². The Kier molecular flexibility index (Phi) is 3.14. The van der Waals surface area contributed by atoms with Crippen LogP contribution in [0, 0.1) is 0 Å². The second kappa shape index (κ2) is 3.07. The zero-order chi connectivity index (χ0) is 7.07. The standard InChI is InChI=1S/C7H15NO.ClH/c1-5(2)9-7(3)4-6(7)8;/h5-6H,4,8H2,1-3H3;1H/t6-,7+;/m0./s1. The molecular formula is C7H16ClNO. The van der Waals surface area contributed by atoms with E-state index in [1.807, 2.05) is 13.8 Å². The van der Waals surface area contributed by atoms with E-state index in [0.717, 1.165) is 6.42 Å². The number of hydrogen-bond donors (Lipinski definition) is 1. The fourth-order valence-corrected chi connectivity index (χ4v) is 1.05. The fraction of sp³-hybridized carbons (Fsp3) is 1.00. The maximum atomic E-state index is 5.62. The summed E-state index contributed by atoms with van der Waals surface area (Å²) in [7, 11) is 0. The first-order chi connectivity index (χ1) is 4.04. The van der Waals surface area contributed by atoms with Crippen LogP contribution in [0.5, 0.6) is 0 Å². The highest BCUT2D eigenvalue weighted by Crippen LogP contribution is 2.38. The molecule has 62 valence electrons. The predicted molar refractivity (Wildman–Crippen MR) is 44.5 cm³/mol. The van der Waals surface area contributed by atoms with Crippen molar-refractivity contribution in [2.45, 2.75) is 44.9 Å². The molecule has 0 bridgehead atoms. The van der Waals surface area contributed by atoms with Gasteiger partial charge in [0, 0.05) is 6.04 Å². The summed E-state index contributed by atoms with van der Waals surface area (Å²) in [6.07, 6.45) is 1.33. The summed E-state index contributed by atoms with van der Waals surface area (Å²) in [5.74, 6) is 0. The molecule has 0 unspecified atom stereocenters. The fourth-order valence-electron chi connectivity index (χ4n) is 1.05. The molecule has 1 aliphatic carbocycles. The van der Waals surface area contributed by atoms with Gasteiger partial charge in [-0.25, -0.2) is 0 Å². The van der Waals surface area contributed by atoms with Crippen molar-refractivity contribution in [1.82, 2.24) is 0 Å². The minimum atomic E-state index is 0. The predicted octanol–water partition coefficient (Wildman–Crippen LogP) is 1.32. The lowest BCUT2D eigenvalue weighted by Gasteiger charge is -2.14. The van der Waals surface area contributed by atoms with Gasteiger partial charge in [-0.3, -0.25) is 0 Å². The van der Waals surface area contributed by atoms with Gasteiger partial charge in [-0.05, 0) is 27.2 Å². The minimum Gasteiger partial charge on any atom is -0.371 e. The van der Waals surface area contributed by atoms with Crippen molar-refractivity contribution >= 4 is 12.4 Å². The summed E-state index contributed by atoms with van der Waals surface area (Å²) >= 11 is 0. The van der Waals surface area contributed by atoms with Gasteiger partial charge in [-0.2, -0.15) is 0 Å². The van der Waals surface area contributed by atoms with Crippen molar-refractivity contribution in [3.63, 3.8) is 0 Å². The smallest absolute Gasteiger partial charge is 0.0825 e. The Hall–Kier alpha value is 0.210. The molecule has 2 atom stereocenters. The molecule has 0 saturated heterocycles. The van der Waals surface area contributed by atoms with E-state index >= 15 is 0 Å². The molecule has 0 spiro atoms. The van der Waals surface area contributed by atoms with Crippen LogP contribution in [0.15, 0.2) is 0 Å². The maximum Gasteiger partial charge on any atom is 0.0825 e. The lowest BCUT2D eigenvalue weighted by Crippen LogP contribution is -2.23. The number of rotatable bonds is 2. The number of hydrogen-bond acceptors (Lipinski definition) is 2. The molecule has 1 fully saturated rings. The topological polar surface area (TPSA) is 35.2 Å². The van der Waals surface area contributed by atoms with Crippen LogP contribution < -0.4 is 5.73 Å². The first kappa shape index (κ1) is 10.2. The summed E-state index contributed by atoms with van der Waals surface area (Å²) in [6.45, 7) is 6.14. The summed E-state index contributed by atoms with van der Waals surface area (Å²) in [5.41, 5.74) is 5.63. The number of ether oxygens (including phenoxy) is 1. The van der Waals surface area contributed by atoms with E-state index in [1.165, 1.54) is 0 Å². The third kappa shape index (κ3) is 2.11. The van der Waals surface area contributed by atoms with Crippen molar-refractivity contribution in [2.75, 3.05) is 0 Å². The largest absolute Gasteiger partial charge is 0.371 e. The Morgan fingerprint density at radius 3 is 2.10 bits per heavy atom. The van der Waals surface area contributed by atoms with Crippen LogP contribution in [0.1, 0.15) is 27.2 Å². The van der Waals surface area contributed by atoms with Crippen LogP contribution in [0.2, 0.25) is 0 Å². The van der Waals surface area contributed by atoms with E-state index in [0.29, 0.717) is 6.10 Å². The molecule has 10 heavy (non-hydrogen) atoms. The van der Waals surface area contributed by atoms with Crippen molar-refractivity contribution in [1.29, 1.82) is 0 Å². The average Bonchev–Trinajstić information content (AvgIpc) is 2.10. The molecule has 0 aromatic rings. The number of nitrogens with two attached hydrogens (primary N) is 1. The molecule has 0 radical (unpaired) electrons. The zero-order valence-electron chi connectivity index (χ0n) is 6.76. The first-order valence-electron chi connectivity index (χ1n) is 3.48. The van der Waals surface area contributed by atoms with E-state index in [2.05, 4.69) is 6.92 Å². The lowest BCUT2D eigenvalue weighted by atomic mass is 10.3. The van der Waals surface area contributed by atoms with Crippen molar-refractivity contribution < 1.29 is 4.74 Å². The summed E-state index contributed by atoms with van der Waals surface area (Å²) in [4.78, 5) is 0. The van der Waals surface area contributed by atoms with Crippen molar-refractivity contribution in [3.8, 4) is 0 Å². The number of halogens is 1.